The van der Waals surface area contributed by atoms with Crippen LogP contribution in [0.4, 0.5) is 5.69 Å². The Morgan fingerprint density at radius 2 is 1.96 bits per heavy atom. The second-order valence-corrected chi connectivity index (χ2v) is 6.04. The Hall–Kier alpha value is -2.86. The molecule has 0 radical (unpaired) electrons. The van der Waals surface area contributed by atoms with Gasteiger partial charge in [-0.25, -0.2) is 0 Å². The summed E-state index contributed by atoms with van der Waals surface area (Å²) < 4.78 is 11.4. The number of anilines is 1. The highest BCUT2D eigenvalue weighted by atomic mass is 79.9. The zero-order valence-corrected chi connectivity index (χ0v) is 13.9. The Balaban J connectivity index is 1.58. The highest BCUT2D eigenvalue weighted by Crippen LogP contribution is 2.27. The first-order chi connectivity index (χ1) is 11.7. The van der Waals surface area contributed by atoms with E-state index in [0.29, 0.717) is 17.2 Å². The van der Waals surface area contributed by atoms with Gasteiger partial charge in [0.25, 0.3) is 5.91 Å². The molecule has 0 spiro atoms. The number of benzene rings is 2. The van der Waals surface area contributed by atoms with Crippen LogP contribution in [0.3, 0.4) is 0 Å². The maximum Gasteiger partial charge on any atom is 0.277 e. The van der Waals surface area contributed by atoms with Crippen LogP contribution in [0.1, 0.15) is 10.5 Å². The molecule has 0 unspecified atom stereocenters. The number of rotatable bonds is 3. The van der Waals surface area contributed by atoms with E-state index in [1.165, 1.54) is 6.26 Å². The first kappa shape index (κ1) is 14.7. The van der Waals surface area contributed by atoms with Crippen LogP contribution in [-0.4, -0.2) is 11.1 Å². The standard InChI is InChI=1S/C18H11BrN2O3/c19-14-4-1-3-11-9-12(6-7-13(11)14)20-18(22)15-10-17(24-21-15)16-5-2-8-23-16/h1-10H,(H,20,22). The zero-order chi connectivity index (χ0) is 16.5. The van der Waals surface area contributed by atoms with Gasteiger partial charge in [0.1, 0.15) is 0 Å². The molecule has 0 aliphatic carbocycles. The van der Waals surface area contributed by atoms with Crippen molar-refractivity contribution in [1.82, 2.24) is 5.16 Å². The highest BCUT2D eigenvalue weighted by Gasteiger charge is 2.15. The SMILES string of the molecule is O=C(Nc1ccc2c(Br)cccc2c1)c1cc(-c2ccco2)on1. The van der Waals surface area contributed by atoms with Gasteiger partial charge in [0.2, 0.25) is 5.76 Å². The van der Waals surface area contributed by atoms with E-state index < -0.39 is 0 Å². The summed E-state index contributed by atoms with van der Waals surface area (Å²) in [5.41, 5.74) is 0.879. The fraction of sp³-hybridized carbons (Fsp3) is 0. The van der Waals surface area contributed by atoms with Gasteiger partial charge in [-0.3, -0.25) is 4.79 Å². The minimum absolute atomic E-state index is 0.190. The molecule has 0 saturated heterocycles. The van der Waals surface area contributed by atoms with Crippen molar-refractivity contribution in [2.24, 2.45) is 0 Å². The van der Waals surface area contributed by atoms with Crippen LogP contribution in [-0.2, 0) is 0 Å². The Kier molecular flexibility index (Phi) is 3.66. The molecule has 2 aromatic carbocycles. The topological polar surface area (TPSA) is 68.3 Å². The lowest BCUT2D eigenvalue weighted by Gasteiger charge is -2.06. The van der Waals surface area contributed by atoms with Gasteiger partial charge in [0.05, 0.1) is 6.26 Å². The van der Waals surface area contributed by atoms with Crippen molar-refractivity contribution in [3.63, 3.8) is 0 Å². The number of halogens is 1. The molecule has 4 aromatic rings. The fourth-order valence-electron chi connectivity index (χ4n) is 2.43. The van der Waals surface area contributed by atoms with Crippen molar-refractivity contribution in [2.45, 2.75) is 0 Å². The normalized spacial score (nSPS) is 10.9. The van der Waals surface area contributed by atoms with Gasteiger partial charge in [-0.05, 0) is 41.1 Å². The minimum atomic E-state index is -0.342. The van der Waals surface area contributed by atoms with Crippen molar-refractivity contribution in [3.8, 4) is 11.5 Å². The van der Waals surface area contributed by atoms with E-state index in [1.54, 1.807) is 18.2 Å². The van der Waals surface area contributed by atoms with E-state index >= 15 is 0 Å². The second-order valence-electron chi connectivity index (χ2n) is 5.18. The predicted octanol–water partition coefficient (Wildman–Crippen LogP) is 5.10. The molecule has 0 saturated carbocycles. The number of hydrogen-bond acceptors (Lipinski definition) is 4. The van der Waals surface area contributed by atoms with Gasteiger partial charge in [-0.1, -0.05) is 39.3 Å². The number of hydrogen-bond donors (Lipinski definition) is 1. The number of amides is 1. The van der Waals surface area contributed by atoms with Crippen LogP contribution in [0.15, 0.2) is 74.3 Å². The van der Waals surface area contributed by atoms with Crippen LogP contribution in [0, 0.1) is 0 Å². The van der Waals surface area contributed by atoms with Crippen molar-refractivity contribution in [1.29, 1.82) is 0 Å². The summed E-state index contributed by atoms with van der Waals surface area (Å²) in [7, 11) is 0. The molecule has 0 aliphatic rings. The van der Waals surface area contributed by atoms with E-state index in [2.05, 4.69) is 26.4 Å². The lowest BCUT2D eigenvalue weighted by Crippen LogP contribution is -2.12. The summed E-state index contributed by atoms with van der Waals surface area (Å²) >= 11 is 3.51. The van der Waals surface area contributed by atoms with Crippen LogP contribution in [0.25, 0.3) is 22.3 Å². The van der Waals surface area contributed by atoms with Gasteiger partial charge in [0, 0.05) is 16.2 Å². The predicted molar refractivity (Wildman–Crippen MR) is 93.8 cm³/mol. The average Bonchev–Trinajstić information content (AvgIpc) is 3.26. The maximum absolute atomic E-state index is 12.3. The lowest BCUT2D eigenvalue weighted by atomic mass is 10.1. The molecule has 1 amide bonds. The Labute approximate surface area is 145 Å². The molecule has 2 aromatic heterocycles. The van der Waals surface area contributed by atoms with Crippen molar-refractivity contribution < 1.29 is 13.7 Å². The van der Waals surface area contributed by atoms with Gasteiger partial charge in [0.15, 0.2) is 11.5 Å². The number of furan rings is 1. The van der Waals surface area contributed by atoms with Gasteiger partial charge < -0.3 is 14.3 Å². The molecule has 5 nitrogen and oxygen atoms in total. The lowest BCUT2D eigenvalue weighted by molar-refractivity contribution is 0.101. The molecule has 0 fully saturated rings. The summed E-state index contributed by atoms with van der Waals surface area (Å²) in [6, 6.07) is 16.6. The zero-order valence-electron chi connectivity index (χ0n) is 12.3. The maximum atomic E-state index is 12.3. The fourth-order valence-corrected chi connectivity index (χ4v) is 2.95. The quantitative estimate of drug-likeness (QED) is 0.534. The highest BCUT2D eigenvalue weighted by molar-refractivity contribution is 9.10. The van der Waals surface area contributed by atoms with Crippen molar-refractivity contribution in [3.05, 3.63) is 71.0 Å². The van der Waals surface area contributed by atoms with Crippen molar-refractivity contribution >= 4 is 38.3 Å². The Bertz CT molecular complexity index is 1020. The molecule has 24 heavy (non-hydrogen) atoms. The molecule has 0 bridgehead atoms. The number of carbonyl (C=O) groups is 1. The van der Waals surface area contributed by atoms with Crippen LogP contribution < -0.4 is 5.32 Å². The number of nitrogens with one attached hydrogen (secondary N) is 1. The van der Waals surface area contributed by atoms with Crippen LogP contribution in [0.5, 0.6) is 0 Å². The molecule has 2 heterocycles. The molecule has 0 atom stereocenters. The molecule has 4 rings (SSSR count). The monoisotopic (exact) mass is 382 g/mol. The van der Waals surface area contributed by atoms with Crippen LogP contribution in [0.2, 0.25) is 0 Å². The van der Waals surface area contributed by atoms with Gasteiger partial charge in [-0.15, -0.1) is 0 Å². The third kappa shape index (κ3) is 2.72. The summed E-state index contributed by atoms with van der Waals surface area (Å²) in [6.45, 7) is 0. The van der Waals surface area contributed by atoms with Gasteiger partial charge >= 0.3 is 0 Å². The third-order valence-corrected chi connectivity index (χ3v) is 4.28. The first-order valence-electron chi connectivity index (χ1n) is 7.21. The van der Waals surface area contributed by atoms with Crippen molar-refractivity contribution in [2.75, 3.05) is 5.32 Å². The third-order valence-electron chi connectivity index (χ3n) is 3.59. The summed E-state index contributed by atoms with van der Waals surface area (Å²) in [5.74, 6) is 0.593. The number of aromatic nitrogens is 1. The molecule has 1 N–H and O–H groups in total. The van der Waals surface area contributed by atoms with E-state index in [1.807, 2.05) is 36.4 Å². The molecule has 118 valence electrons. The van der Waals surface area contributed by atoms with E-state index in [-0.39, 0.29) is 11.6 Å². The summed E-state index contributed by atoms with van der Waals surface area (Å²) in [4.78, 5) is 12.3. The van der Waals surface area contributed by atoms with Gasteiger partial charge in [-0.2, -0.15) is 0 Å². The largest absolute Gasteiger partial charge is 0.461 e. The molecule has 0 aliphatic heterocycles. The second kappa shape index (κ2) is 5.98. The minimum Gasteiger partial charge on any atom is -0.461 e. The summed E-state index contributed by atoms with van der Waals surface area (Å²) in [6.07, 6.45) is 1.53. The van der Waals surface area contributed by atoms with Crippen LogP contribution >= 0.6 is 15.9 Å². The number of fused-ring (bicyclic) bond motifs is 1. The number of nitrogens with zero attached hydrogens (tertiary/aromatic N) is 1. The van der Waals surface area contributed by atoms with E-state index in [9.17, 15) is 4.79 Å². The summed E-state index contributed by atoms with van der Waals surface area (Å²) in [5, 5.41) is 8.72. The van der Waals surface area contributed by atoms with E-state index in [4.69, 9.17) is 8.94 Å². The first-order valence-corrected chi connectivity index (χ1v) is 8.00. The molecular weight excluding hydrogens is 372 g/mol. The smallest absolute Gasteiger partial charge is 0.277 e. The average molecular weight is 383 g/mol. The Morgan fingerprint density at radius 1 is 1.04 bits per heavy atom. The Morgan fingerprint density at radius 3 is 2.79 bits per heavy atom. The molecule has 6 heteroatoms. The van der Waals surface area contributed by atoms with E-state index in [0.717, 1.165) is 15.2 Å². The number of carbonyl (C=O) groups excluding carboxylic acids is 1. The molecular formula is C18H11BrN2O3.